The van der Waals surface area contributed by atoms with Crippen LogP contribution in [0.3, 0.4) is 0 Å². The van der Waals surface area contributed by atoms with Crippen LogP contribution in [0.25, 0.3) is 0 Å². The third kappa shape index (κ3) is 3.30. The minimum absolute atomic E-state index is 0.122. The molecule has 126 valence electrons. The number of amides is 1. The van der Waals surface area contributed by atoms with E-state index in [4.69, 9.17) is 14.2 Å². The summed E-state index contributed by atoms with van der Waals surface area (Å²) in [5, 5.41) is 3.01. The molecule has 0 bridgehead atoms. The van der Waals surface area contributed by atoms with Crippen molar-refractivity contribution in [3.63, 3.8) is 0 Å². The van der Waals surface area contributed by atoms with Gasteiger partial charge in [-0.2, -0.15) is 0 Å². The molecule has 0 saturated heterocycles. The summed E-state index contributed by atoms with van der Waals surface area (Å²) in [6.45, 7) is 4.97. The number of ether oxygens (including phenoxy) is 3. The van der Waals surface area contributed by atoms with E-state index >= 15 is 0 Å². The summed E-state index contributed by atoms with van der Waals surface area (Å²) in [4.78, 5) is 12.5. The molecule has 1 aliphatic rings. The Hall–Kier alpha value is -2.69. The van der Waals surface area contributed by atoms with E-state index in [0.29, 0.717) is 18.8 Å². The van der Waals surface area contributed by atoms with Crippen LogP contribution in [0.4, 0.5) is 0 Å². The molecule has 1 N–H and O–H groups in total. The van der Waals surface area contributed by atoms with E-state index in [0.717, 1.165) is 28.4 Å². The lowest BCUT2D eigenvalue weighted by atomic mass is 10.1. The highest BCUT2D eigenvalue weighted by Crippen LogP contribution is 2.32. The Balaban J connectivity index is 1.73. The molecule has 5 nitrogen and oxygen atoms in total. The van der Waals surface area contributed by atoms with Crippen LogP contribution in [0.15, 0.2) is 36.4 Å². The van der Waals surface area contributed by atoms with Crippen LogP contribution in [0.2, 0.25) is 0 Å². The quantitative estimate of drug-likeness (QED) is 0.936. The number of benzene rings is 2. The molecule has 0 aliphatic carbocycles. The number of methoxy groups -OCH3 is 1. The van der Waals surface area contributed by atoms with Gasteiger partial charge in [0, 0.05) is 5.56 Å². The molecule has 0 fully saturated rings. The van der Waals surface area contributed by atoms with Gasteiger partial charge < -0.3 is 19.5 Å². The van der Waals surface area contributed by atoms with E-state index < -0.39 is 0 Å². The molecule has 5 heteroatoms. The van der Waals surface area contributed by atoms with E-state index in [2.05, 4.69) is 5.32 Å². The van der Waals surface area contributed by atoms with E-state index in [9.17, 15) is 4.79 Å². The fourth-order valence-electron chi connectivity index (χ4n) is 2.71. The minimum Gasteiger partial charge on any atom is -0.496 e. The van der Waals surface area contributed by atoms with Crippen molar-refractivity contribution in [3.8, 4) is 17.2 Å². The zero-order valence-electron chi connectivity index (χ0n) is 14.1. The molecule has 1 unspecified atom stereocenters. The van der Waals surface area contributed by atoms with Crippen LogP contribution >= 0.6 is 0 Å². The smallest absolute Gasteiger partial charge is 0.251 e. The SMILES string of the molecule is COc1ccc(C(=O)NC(C)c2ccc3c(c2)OCCO3)cc1C. The third-order valence-electron chi connectivity index (χ3n) is 4.07. The van der Waals surface area contributed by atoms with Crippen LogP contribution in [0.1, 0.15) is 34.5 Å². The van der Waals surface area contributed by atoms with Crippen LogP contribution in [-0.4, -0.2) is 26.2 Å². The van der Waals surface area contributed by atoms with Gasteiger partial charge in [-0.3, -0.25) is 4.79 Å². The molecule has 3 rings (SSSR count). The summed E-state index contributed by atoms with van der Waals surface area (Å²) in [6.07, 6.45) is 0. The van der Waals surface area contributed by atoms with E-state index in [1.165, 1.54) is 0 Å². The lowest BCUT2D eigenvalue weighted by molar-refractivity contribution is 0.0939. The summed E-state index contributed by atoms with van der Waals surface area (Å²) < 4.78 is 16.3. The maximum absolute atomic E-state index is 12.5. The molecule has 0 aromatic heterocycles. The molecule has 2 aromatic carbocycles. The van der Waals surface area contributed by atoms with Gasteiger partial charge in [0.25, 0.3) is 5.91 Å². The number of carbonyl (C=O) groups excluding carboxylic acids is 1. The Kier molecular flexibility index (Phi) is 4.60. The number of hydrogen-bond acceptors (Lipinski definition) is 4. The first-order chi connectivity index (χ1) is 11.6. The third-order valence-corrected chi connectivity index (χ3v) is 4.07. The predicted molar refractivity (Wildman–Crippen MR) is 91.0 cm³/mol. The lowest BCUT2D eigenvalue weighted by Gasteiger charge is -2.21. The van der Waals surface area contributed by atoms with Crippen LogP contribution < -0.4 is 19.5 Å². The molecule has 1 atom stereocenters. The van der Waals surface area contributed by atoms with Crippen molar-refractivity contribution in [1.29, 1.82) is 0 Å². The average molecular weight is 327 g/mol. The number of aryl methyl sites for hydroxylation is 1. The second-order valence-corrected chi connectivity index (χ2v) is 5.78. The molecule has 24 heavy (non-hydrogen) atoms. The van der Waals surface area contributed by atoms with Gasteiger partial charge in [0.2, 0.25) is 0 Å². The van der Waals surface area contributed by atoms with Crippen molar-refractivity contribution in [1.82, 2.24) is 5.32 Å². The number of hydrogen-bond donors (Lipinski definition) is 1. The predicted octanol–water partition coefficient (Wildman–Crippen LogP) is 3.27. The zero-order chi connectivity index (χ0) is 17.1. The molecule has 1 aliphatic heterocycles. The van der Waals surface area contributed by atoms with Crippen molar-refractivity contribution in [2.24, 2.45) is 0 Å². The standard InChI is InChI=1S/C19H21NO4/c1-12-10-15(5-6-16(12)22-3)19(21)20-13(2)14-4-7-17-18(11-14)24-9-8-23-17/h4-7,10-11,13H,8-9H2,1-3H3,(H,20,21). The van der Waals surface area contributed by atoms with Crippen LogP contribution in [0.5, 0.6) is 17.2 Å². The van der Waals surface area contributed by atoms with Crippen molar-refractivity contribution in [2.75, 3.05) is 20.3 Å². The Labute approximate surface area is 141 Å². The van der Waals surface area contributed by atoms with Gasteiger partial charge in [-0.25, -0.2) is 0 Å². The van der Waals surface area contributed by atoms with Crippen molar-refractivity contribution in [2.45, 2.75) is 19.9 Å². The first-order valence-corrected chi connectivity index (χ1v) is 7.93. The highest BCUT2D eigenvalue weighted by atomic mass is 16.6. The van der Waals surface area contributed by atoms with E-state index in [1.54, 1.807) is 19.2 Å². The van der Waals surface area contributed by atoms with Crippen molar-refractivity contribution in [3.05, 3.63) is 53.1 Å². The second-order valence-electron chi connectivity index (χ2n) is 5.78. The van der Waals surface area contributed by atoms with Gasteiger partial charge in [-0.05, 0) is 55.3 Å². The van der Waals surface area contributed by atoms with Gasteiger partial charge in [-0.15, -0.1) is 0 Å². The summed E-state index contributed by atoms with van der Waals surface area (Å²) in [7, 11) is 1.62. The fourth-order valence-corrected chi connectivity index (χ4v) is 2.71. The summed E-state index contributed by atoms with van der Waals surface area (Å²) in [5.41, 5.74) is 2.51. The monoisotopic (exact) mass is 327 g/mol. The number of carbonyl (C=O) groups is 1. The second kappa shape index (κ2) is 6.83. The molecule has 1 amide bonds. The highest BCUT2D eigenvalue weighted by molar-refractivity contribution is 5.94. The molecule has 2 aromatic rings. The van der Waals surface area contributed by atoms with Gasteiger partial charge in [0.05, 0.1) is 13.2 Å². The Morgan fingerprint density at radius 1 is 1.12 bits per heavy atom. The van der Waals surface area contributed by atoms with Gasteiger partial charge in [-0.1, -0.05) is 6.07 Å². The first kappa shape index (κ1) is 16.2. The minimum atomic E-state index is -0.143. The summed E-state index contributed by atoms with van der Waals surface area (Å²) in [6, 6.07) is 11.0. The van der Waals surface area contributed by atoms with E-state index in [1.807, 2.05) is 38.1 Å². The van der Waals surface area contributed by atoms with Crippen LogP contribution in [-0.2, 0) is 0 Å². The van der Waals surface area contributed by atoms with Crippen molar-refractivity contribution >= 4 is 5.91 Å². The van der Waals surface area contributed by atoms with Crippen molar-refractivity contribution < 1.29 is 19.0 Å². The molecule has 0 saturated carbocycles. The van der Waals surface area contributed by atoms with Crippen LogP contribution in [0, 0.1) is 6.92 Å². The topological polar surface area (TPSA) is 56.8 Å². The normalized spacial score (nSPS) is 14.0. The summed E-state index contributed by atoms with van der Waals surface area (Å²) in [5.74, 6) is 2.11. The number of fused-ring (bicyclic) bond motifs is 1. The Bertz CT molecular complexity index is 757. The molecule has 1 heterocycles. The fraction of sp³-hybridized carbons (Fsp3) is 0.316. The number of nitrogens with one attached hydrogen (secondary N) is 1. The van der Waals surface area contributed by atoms with Gasteiger partial charge in [0.1, 0.15) is 19.0 Å². The average Bonchev–Trinajstić information content (AvgIpc) is 2.61. The maximum atomic E-state index is 12.5. The molecular formula is C19H21NO4. The lowest BCUT2D eigenvalue weighted by Crippen LogP contribution is -2.27. The Morgan fingerprint density at radius 2 is 1.88 bits per heavy atom. The van der Waals surface area contributed by atoms with Gasteiger partial charge in [0.15, 0.2) is 11.5 Å². The largest absolute Gasteiger partial charge is 0.496 e. The first-order valence-electron chi connectivity index (χ1n) is 7.93. The molecular weight excluding hydrogens is 306 g/mol. The zero-order valence-corrected chi connectivity index (χ0v) is 14.1. The van der Waals surface area contributed by atoms with E-state index in [-0.39, 0.29) is 11.9 Å². The summed E-state index contributed by atoms with van der Waals surface area (Å²) >= 11 is 0. The maximum Gasteiger partial charge on any atom is 0.251 e. The highest BCUT2D eigenvalue weighted by Gasteiger charge is 2.17. The number of rotatable bonds is 4. The molecule has 0 radical (unpaired) electrons. The molecule has 0 spiro atoms. The van der Waals surface area contributed by atoms with Gasteiger partial charge >= 0.3 is 0 Å². The Morgan fingerprint density at radius 3 is 2.58 bits per heavy atom.